The number of carbonyl (C=O) groups is 1. The minimum Gasteiger partial charge on any atom is -0.340 e. The highest BCUT2D eigenvalue weighted by Gasteiger charge is 2.59. The molecule has 1 aromatic heterocycles. The number of benzene rings is 1. The van der Waals surface area contributed by atoms with Crippen molar-refractivity contribution in [2.24, 2.45) is 17.3 Å². The summed E-state index contributed by atoms with van der Waals surface area (Å²) in [5.74, 6) is 1.49. The molecule has 0 N–H and O–H groups in total. The van der Waals surface area contributed by atoms with Crippen molar-refractivity contribution >= 4 is 11.6 Å². The van der Waals surface area contributed by atoms with Gasteiger partial charge in [-0.3, -0.25) is 24.5 Å². The van der Waals surface area contributed by atoms with Crippen molar-refractivity contribution in [2.75, 3.05) is 26.2 Å². The van der Waals surface area contributed by atoms with Gasteiger partial charge >= 0.3 is 5.69 Å². The van der Waals surface area contributed by atoms with Crippen LogP contribution in [0.25, 0.3) is 0 Å². The van der Waals surface area contributed by atoms with E-state index in [1.165, 1.54) is 23.7 Å². The zero-order chi connectivity index (χ0) is 24.2. The lowest BCUT2D eigenvalue weighted by atomic mass is 9.46. The third-order valence-corrected chi connectivity index (χ3v) is 9.32. The Morgan fingerprint density at radius 1 is 1.11 bits per heavy atom. The van der Waals surface area contributed by atoms with E-state index in [0.717, 1.165) is 64.8 Å². The fraction of sp³-hybridized carbons (Fsp3) is 0.630. The Morgan fingerprint density at radius 2 is 1.83 bits per heavy atom. The fourth-order valence-electron chi connectivity index (χ4n) is 8.16. The number of piperazine rings is 1. The van der Waals surface area contributed by atoms with Crippen LogP contribution in [-0.2, 0) is 16.9 Å². The van der Waals surface area contributed by atoms with Crippen LogP contribution in [0.5, 0.6) is 0 Å². The van der Waals surface area contributed by atoms with Gasteiger partial charge in [0.05, 0.1) is 10.5 Å². The quantitative estimate of drug-likeness (QED) is 0.461. The maximum Gasteiger partial charge on any atom is 0.307 e. The Hall–Kier alpha value is -2.74. The number of rotatable bonds is 6. The molecule has 2 unspecified atom stereocenters. The predicted molar refractivity (Wildman–Crippen MR) is 132 cm³/mol. The molecule has 7 rings (SSSR count). The molecule has 4 aliphatic carbocycles. The third-order valence-electron chi connectivity index (χ3n) is 9.32. The molecule has 1 amide bonds. The molecule has 2 atom stereocenters. The standard InChI is InChI=1S/C27H35N5O3/c1-20-4-2-3-5-23(20)17-29-6-8-30(9-7-29)25(33)15-26-11-21-10-22(12-26)14-27(13-21,19-26)31-18-24(16-28-31)32(34)35/h2-5,16,18,21-22H,6-15,17,19H2,1H3. The topological polar surface area (TPSA) is 84.5 Å². The van der Waals surface area contributed by atoms with E-state index in [0.29, 0.717) is 24.2 Å². The number of hydrogen-bond acceptors (Lipinski definition) is 5. The summed E-state index contributed by atoms with van der Waals surface area (Å²) >= 11 is 0. The van der Waals surface area contributed by atoms with E-state index in [9.17, 15) is 14.9 Å². The Labute approximate surface area is 206 Å². The number of amides is 1. The first-order chi connectivity index (χ1) is 16.8. The van der Waals surface area contributed by atoms with Gasteiger partial charge in [0, 0.05) is 39.1 Å². The molecule has 0 spiro atoms. The van der Waals surface area contributed by atoms with Crippen LogP contribution in [0, 0.1) is 34.3 Å². The molecule has 4 bridgehead atoms. The van der Waals surface area contributed by atoms with E-state index in [2.05, 4.69) is 46.1 Å². The van der Waals surface area contributed by atoms with Crippen LogP contribution < -0.4 is 0 Å². The number of nitro groups is 1. The molecule has 2 aromatic rings. The summed E-state index contributed by atoms with van der Waals surface area (Å²) in [6.07, 6.45) is 10.1. The lowest BCUT2D eigenvalue weighted by molar-refractivity contribution is -0.385. The molecule has 1 saturated heterocycles. The van der Waals surface area contributed by atoms with Crippen molar-refractivity contribution in [2.45, 2.75) is 64.0 Å². The first-order valence-corrected chi connectivity index (χ1v) is 13.1. The average Bonchev–Trinajstić information content (AvgIpc) is 3.32. The van der Waals surface area contributed by atoms with Gasteiger partial charge in [0.2, 0.25) is 5.91 Å². The minimum absolute atomic E-state index is 0.0141. The molecular formula is C27H35N5O3. The van der Waals surface area contributed by atoms with Gasteiger partial charge in [0.15, 0.2) is 0 Å². The van der Waals surface area contributed by atoms with E-state index in [1.54, 1.807) is 6.20 Å². The molecular weight excluding hydrogens is 442 g/mol. The molecule has 186 valence electrons. The number of carbonyl (C=O) groups excluding carboxylic acids is 1. The number of aromatic nitrogens is 2. The van der Waals surface area contributed by atoms with Gasteiger partial charge in [-0.2, -0.15) is 5.10 Å². The smallest absolute Gasteiger partial charge is 0.307 e. The number of nitrogens with zero attached hydrogens (tertiary/aromatic N) is 5. The summed E-state index contributed by atoms with van der Waals surface area (Å²) in [6, 6.07) is 8.54. The van der Waals surface area contributed by atoms with Gasteiger partial charge in [-0.05, 0) is 73.8 Å². The first kappa shape index (κ1) is 22.7. The van der Waals surface area contributed by atoms with Crippen LogP contribution in [0.4, 0.5) is 5.69 Å². The zero-order valence-electron chi connectivity index (χ0n) is 20.6. The molecule has 35 heavy (non-hydrogen) atoms. The van der Waals surface area contributed by atoms with E-state index < -0.39 is 0 Å². The summed E-state index contributed by atoms with van der Waals surface area (Å²) in [4.78, 5) is 29.0. The van der Waals surface area contributed by atoms with Crippen LogP contribution in [-0.4, -0.2) is 56.6 Å². The van der Waals surface area contributed by atoms with Crippen molar-refractivity contribution in [1.82, 2.24) is 19.6 Å². The van der Waals surface area contributed by atoms with Gasteiger partial charge < -0.3 is 4.90 Å². The van der Waals surface area contributed by atoms with Crippen molar-refractivity contribution < 1.29 is 9.72 Å². The second-order valence-corrected chi connectivity index (χ2v) is 11.8. The summed E-state index contributed by atoms with van der Waals surface area (Å²) in [7, 11) is 0. The Kier molecular flexibility index (Phi) is 5.47. The normalized spacial score (nSPS) is 32.2. The molecule has 1 aromatic carbocycles. The second-order valence-electron chi connectivity index (χ2n) is 11.8. The third kappa shape index (κ3) is 4.15. The molecule has 0 radical (unpaired) electrons. The number of aryl methyl sites for hydroxylation is 1. The van der Waals surface area contributed by atoms with Gasteiger partial charge in [-0.15, -0.1) is 0 Å². The van der Waals surface area contributed by atoms with E-state index in [1.807, 2.05) is 4.68 Å². The van der Waals surface area contributed by atoms with Crippen molar-refractivity contribution in [3.05, 3.63) is 57.9 Å². The summed E-state index contributed by atoms with van der Waals surface area (Å²) in [6.45, 7) is 6.53. The van der Waals surface area contributed by atoms with Crippen LogP contribution in [0.3, 0.4) is 0 Å². The lowest BCUT2D eigenvalue weighted by Crippen LogP contribution is -2.58. The Morgan fingerprint density at radius 3 is 2.49 bits per heavy atom. The van der Waals surface area contributed by atoms with E-state index >= 15 is 0 Å². The predicted octanol–water partition coefficient (Wildman–Crippen LogP) is 4.13. The highest BCUT2D eigenvalue weighted by molar-refractivity contribution is 5.77. The van der Waals surface area contributed by atoms with E-state index in [-0.39, 0.29) is 21.6 Å². The maximum absolute atomic E-state index is 13.5. The Bertz CT molecular complexity index is 1120. The molecule has 8 heteroatoms. The van der Waals surface area contributed by atoms with Crippen molar-refractivity contribution in [3.63, 3.8) is 0 Å². The highest BCUT2D eigenvalue weighted by Crippen LogP contribution is 2.65. The van der Waals surface area contributed by atoms with Gasteiger partial charge in [-0.1, -0.05) is 24.3 Å². The van der Waals surface area contributed by atoms with E-state index in [4.69, 9.17) is 0 Å². The van der Waals surface area contributed by atoms with Crippen LogP contribution in [0.2, 0.25) is 0 Å². The monoisotopic (exact) mass is 477 g/mol. The second kappa shape index (κ2) is 8.43. The molecule has 1 aliphatic heterocycles. The summed E-state index contributed by atoms with van der Waals surface area (Å²) in [5.41, 5.74) is 2.61. The minimum atomic E-state index is -0.359. The highest BCUT2D eigenvalue weighted by atomic mass is 16.6. The average molecular weight is 478 g/mol. The maximum atomic E-state index is 13.5. The molecule has 4 saturated carbocycles. The molecule has 8 nitrogen and oxygen atoms in total. The van der Waals surface area contributed by atoms with Gasteiger partial charge in [-0.25, -0.2) is 0 Å². The van der Waals surface area contributed by atoms with Crippen LogP contribution in [0.15, 0.2) is 36.7 Å². The number of hydrogen-bond donors (Lipinski definition) is 0. The zero-order valence-corrected chi connectivity index (χ0v) is 20.6. The molecule has 5 fully saturated rings. The van der Waals surface area contributed by atoms with Crippen molar-refractivity contribution in [1.29, 1.82) is 0 Å². The van der Waals surface area contributed by atoms with Crippen LogP contribution in [0.1, 0.15) is 56.1 Å². The van der Waals surface area contributed by atoms with Gasteiger partial charge in [0.25, 0.3) is 0 Å². The van der Waals surface area contributed by atoms with Gasteiger partial charge in [0.1, 0.15) is 12.4 Å². The van der Waals surface area contributed by atoms with Crippen LogP contribution >= 0.6 is 0 Å². The summed E-state index contributed by atoms with van der Waals surface area (Å²) < 4.78 is 1.90. The molecule has 5 aliphatic rings. The molecule has 2 heterocycles. The SMILES string of the molecule is Cc1ccccc1CN1CCN(C(=O)CC23CC4CC(C2)CC(n2cc([N+](=O)[O-])cn2)(C4)C3)CC1. The Balaban J connectivity index is 1.12. The van der Waals surface area contributed by atoms with Crippen molar-refractivity contribution in [3.8, 4) is 0 Å². The fourth-order valence-corrected chi connectivity index (χ4v) is 8.16. The lowest BCUT2D eigenvalue weighted by Gasteiger charge is -2.62. The summed E-state index contributed by atoms with van der Waals surface area (Å²) in [5, 5.41) is 15.7. The largest absolute Gasteiger partial charge is 0.340 e. The first-order valence-electron chi connectivity index (χ1n) is 13.1.